The Hall–Kier alpha value is -1.02. The molecule has 2 rings (SSSR count). The summed E-state index contributed by atoms with van der Waals surface area (Å²) >= 11 is 0. The summed E-state index contributed by atoms with van der Waals surface area (Å²) in [6.45, 7) is 8.78. The second-order valence-electron chi connectivity index (χ2n) is 6.84. The van der Waals surface area contributed by atoms with Crippen LogP contribution in [-0.2, 0) is 6.54 Å². The van der Waals surface area contributed by atoms with Gasteiger partial charge in [-0.2, -0.15) is 0 Å². The third-order valence-electron chi connectivity index (χ3n) is 4.48. The lowest BCUT2D eigenvalue weighted by Gasteiger charge is -2.28. The summed E-state index contributed by atoms with van der Waals surface area (Å²) in [5.74, 6) is 2.66. The first-order valence-electron chi connectivity index (χ1n) is 8.63. The number of ether oxygens (including phenoxy) is 1. The van der Waals surface area contributed by atoms with Crippen LogP contribution >= 0.6 is 0 Å². The fraction of sp³-hybridized carbons (Fsp3) is 0.684. The molecular weight excluding hydrogens is 258 g/mol. The lowest BCUT2D eigenvalue weighted by atomic mass is 9.86. The van der Waals surface area contributed by atoms with Crippen molar-refractivity contribution >= 4 is 0 Å². The minimum atomic E-state index is 0.428. The van der Waals surface area contributed by atoms with Gasteiger partial charge in [0.1, 0.15) is 5.75 Å². The topological polar surface area (TPSA) is 21.3 Å². The summed E-state index contributed by atoms with van der Waals surface area (Å²) in [6, 6.07) is 8.61. The molecule has 0 bridgehead atoms. The van der Waals surface area contributed by atoms with Gasteiger partial charge in [0.15, 0.2) is 0 Å². The smallest absolute Gasteiger partial charge is 0.119 e. The molecule has 0 aromatic heterocycles. The number of nitrogens with one attached hydrogen (secondary N) is 1. The Bertz CT molecular complexity index is 391. The lowest BCUT2D eigenvalue weighted by Crippen LogP contribution is -2.23. The van der Waals surface area contributed by atoms with Crippen LogP contribution in [0.5, 0.6) is 5.75 Å². The molecular formula is C19H31NO. The third-order valence-corrected chi connectivity index (χ3v) is 4.48. The van der Waals surface area contributed by atoms with Crippen molar-refractivity contribution in [3.05, 3.63) is 29.8 Å². The van der Waals surface area contributed by atoms with E-state index in [1.165, 1.54) is 37.7 Å². The van der Waals surface area contributed by atoms with Gasteiger partial charge in [-0.3, -0.25) is 0 Å². The van der Waals surface area contributed by atoms with Crippen molar-refractivity contribution in [2.24, 2.45) is 11.8 Å². The van der Waals surface area contributed by atoms with E-state index < -0.39 is 0 Å². The zero-order valence-electron chi connectivity index (χ0n) is 13.9. The molecule has 1 saturated carbocycles. The Morgan fingerprint density at radius 3 is 2.33 bits per heavy atom. The first kappa shape index (κ1) is 16.4. The highest BCUT2D eigenvalue weighted by atomic mass is 16.5. The summed E-state index contributed by atoms with van der Waals surface area (Å²) in [6.07, 6.45) is 6.85. The molecule has 0 atom stereocenters. The maximum atomic E-state index is 6.13. The van der Waals surface area contributed by atoms with Gasteiger partial charge in [-0.1, -0.05) is 39.3 Å². The Balaban J connectivity index is 1.74. The average molecular weight is 289 g/mol. The fourth-order valence-corrected chi connectivity index (χ4v) is 3.04. The van der Waals surface area contributed by atoms with Crippen LogP contribution in [0.1, 0.15) is 58.4 Å². The van der Waals surface area contributed by atoms with E-state index in [0.717, 1.165) is 24.8 Å². The minimum Gasteiger partial charge on any atom is -0.490 e. The molecule has 118 valence electrons. The van der Waals surface area contributed by atoms with Crippen LogP contribution in [-0.4, -0.2) is 12.6 Å². The molecule has 1 aliphatic rings. The standard InChI is InChI=1S/C19H31NO/c1-4-16-5-9-18(10-6-16)21-19-11-7-17(8-12-19)14-20-13-15(2)3/h7-8,11-12,15-16,18,20H,4-6,9-10,13-14H2,1-3H3. The zero-order valence-corrected chi connectivity index (χ0v) is 13.9. The molecule has 1 aromatic rings. The number of benzene rings is 1. The maximum absolute atomic E-state index is 6.13. The van der Waals surface area contributed by atoms with Gasteiger partial charge in [-0.25, -0.2) is 0 Å². The van der Waals surface area contributed by atoms with Crippen LogP contribution < -0.4 is 10.1 Å². The van der Waals surface area contributed by atoms with Gasteiger partial charge < -0.3 is 10.1 Å². The van der Waals surface area contributed by atoms with E-state index in [1.807, 2.05) is 0 Å². The molecule has 0 amide bonds. The van der Waals surface area contributed by atoms with Gasteiger partial charge in [0, 0.05) is 6.54 Å². The average Bonchev–Trinajstić information content (AvgIpc) is 2.49. The third kappa shape index (κ3) is 5.70. The molecule has 0 radical (unpaired) electrons. The molecule has 21 heavy (non-hydrogen) atoms. The first-order chi connectivity index (χ1) is 10.2. The molecule has 1 N–H and O–H groups in total. The number of rotatable bonds is 7. The molecule has 0 spiro atoms. The van der Waals surface area contributed by atoms with E-state index in [1.54, 1.807) is 0 Å². The molecule has 0 heterocycles. The van der Waals surface area contributed by atoms with E-state index in [4.69, 9.17) is 4.74 Å². The predicted molar refractivity (Wildman–Crippen MR) is 89.7 cm³/mol. The predicted octanol–water partition coefficient (Wildman–Crippen LogP) is 4.78. The first-order valence-corrected chi connectivity index (χ1v) is 8.63. The van der Waals surface area contributed by atoms with Crippen LogP contribution in [0.3, 0.4) is 0 Å². The molecule has 1 fully saturated rings. The highest BCUT2D eigenvalue weighted by Crippen LogP contribution is 2.29. The van der Waals surface area contributed by atoms with E-state index in [-0.39, 0.29) is 0 Å². The van der Waals surface area contributed by atoms with Gasteiger partial charge in [-0.05, 0) is 61.8 Å². The van der Waals surface area contributed by atoms with Crippen LogP contribution in [0.2, 0.25) is 0 Å². The number of hydrogen-bond acceptors (Lipinski definition) is 2. The molecule has 0 unspecified atom stereocenters. The van der Waals surface area contributed by atoms with Crippen LogP contribution in [0.25, 0.3) is 0 Å². The number of hydrogen-bond donors (Lipinski definition) is 1. The van der Waals surface area contributed by atoms with Crippen molar-refractivity contribution in [3.63, 3.8) is 0 Å². The van der Waals surface area contributed by atoms with E-state index >= 15 is 0 Å². The van der Waals surface area contributed by atoms with Crippen molar-refractivity contribution in [2.45, 2.75) is 65.5 Å². The van der Waals surface area contributed by atoms with E-state index in [0.29, 0.717) is 12.0 Å². The monoisotopic (exact) mass is 289 g/mol. The van der Waals surface area contributed by atoms with Gasteiger partial charge >= 0.3 is 0 Å². The molecule has 0 saturated heterocycles. The Morgan fingerprint density at radius 1 is 1.10 bits per heavy atom. The van der Waals surface area contributed by atoms with E-state index in [9.17, 15) is 0 Å². The van der Waals surface area contributed by atoms with Gasteiger partial charge in [0.25, 0.3) is 0 Å². The van der Waals surface area contributed by atoms with Gasteiger partial charge in [0.05, 0.1) is 6.10 Å². The Morgan fingerprint density at radius 2 is 1.76 bits per heavy atom. The van der Waals surface area contributed by atoms with Gasteiger partial charge in [0.2, 0.25) is 0 Å². The molecule has 2 heteroatoms. The zero-order chi connectivity index (χ0) is 15.1. The SMILES string of the molecule is CCC1CCC(Oc2ccc(CNCC(C)C)cc2)CC1. The Labute approximate surface area is 130 Å². The van der Waals surface area contributed by atoms with Crippen molar-refractivity contribution in [1.29, 1.82) is 0 Å². The summed E-state index contributed by atoms with van der Waals surface area (Å²) in [7, 11) is 0. The van der Waals surface area contributed by atoms with Crippen molar-refractivity contribution in [3.8, 4) is 5.75 Å². The van der Waals surface area contributed by atoms with Crippen LogP contribution in [0, 0.1) is 11.8 Å². The summed E-state index contributed by atoms with van der Waals surface area (Å²) in [5, 5.41) is 3.47. The Kier molecular flexibility index (Phi) is 6.56. The highest BCUT2D eigenvalue weighted by molar-refractivity contribution is 5.27. The molecule has 1 aromatic carbocycles. The minimum absolute atomic E-state index is 0.428. The molecule has 1 aliphatic carbocycles. The quantitative estimate of drug-likeness (QED) is 0.780. The second-order valence-corrected chi connectivity index (χ2v) is 6.84. The largest absolute Gasteiger partial charge is 0.490 e. The van der Waals surface area contributed by atoms with Crippen molar-refractivity contribution < 1.29 is 4.74 Å². The highest BCUT2D eigenvalue weighted by Gasteiger charge is 2.21. The maximum Gasteiger partial charge on any atom is 0.119 e. The lowest BCUT2D eigenvalue weighted by molar-refractivity contribution is 0.130. The summed E-state index contributed by atoms with van der Waals surface area (Å²) in [4.78, 5) is 0. The van der Waals surface area contributed by atoms with Crippen molar-refractivity contribution in [1.82, 2.24) is 5.32 Å². The fourth-order valence-electron chi connectivity index (χ4n) is 3.04. The molecule has 0 aliphatic heterocycles. The van der Waals surface area contributed by atoms with Crippen molar-refractivity contribution in [2.75, 3.05) is 6.54 Å². The van der Waals surface area contributed by atoms with E-state index in [2.05, 4.69) is 50.4 Å². The summed E-state index contributed by atoms with van der Waals surface area (Å²) in [5.41, 5.74) is 1.33. The second kappa shape index (κ2) is 8.43. The van der Waals surface area contributed by atoms with Crippen LogP contribution in [0.15, 0.2) is 24.3 Å². The van der Waals surface area contributed by atoms with Crippen LogP contribution in [0.4, 0.5) is 0 Å². The summed E-state index contributed by atoms with van der Waals surface area (Å²) < 4.78 is 6.13. The van der Waals surface area contributed by atoms with Gasteiger partial charge in [-0.15, -0.1) is 0 Å². The molecule has 2 nitrogen and oxygen atoms in total. The normalized spacial score (nSPS) is 22.5.